The van der Waals surface area contributed by atoms with Crippen molar-refractivity contribution >= 4 is 0 Å². The summed E-state index contributed by atoms with van der Waals surface area (Å²) in [4.78, 5) is 0. The van der Waals surface area contributed by atoms with Crippen molar-refractivity contribution in [1.82, 2.24) is 0 Å². The molecule has 0 aliphatic heterocycles. The van der Waals surface area contributed by atoms with Crippen molar-refractivity contribution in [1.29, 1.82) is 0 Å². The van der Waals surface area contributed by atoms with E-state index in [1.807, 2.05) is 18.2 Å². The largest absolute Gasteiger partial charge is 0.496 e. The molecule has 0 saturated heterocycles. The average molecular weight is 267 g/mol. The first kappa shape index (κ1) is 15.6. The first-order valence-corrected chi connectivity index (χ1v) is 6.79. The standard InChI is InChI=1S/C15H25NO3/c1-5-7-14(16)15(6-2)19-13-9-11(17-3)8-12(10-13)18-4/h8-10,14-15H,5-7,16H2,1-4H3. The van der Waals surface area contributed by atoms with E-state index in [4.69, 9.17) is 19.9 Å². The number of hydrogen-bond donors (Lipinski definition) is 1. The van der Waals surface area contributed by atoms with Gasteiger partial charge in [-0.1, -0.05) is 20.3 Å². The lowest BCUT2D eigenvalue weighted by Crippen LogP contribution is -2.38. The zero-order chi connectivity index (χ0) is 14.3. The Morgan fingerprint density at radius 3 is 1.95 bits per heavy atom. The van der Waals surface area contributed by atoms with Crippen LogP contribution in [-0.2, 0) is 0 Å². The molecule has 0 aliphatic rings. The number of methoxy groups -OCH3 is 2. The Bertz CT molecular complexity index is 359. The van der Waals surface area contributed by atoms with E-state index >= 15 is 0 Å². The van der Waals surface area contributed by atoms with Gasteiger partial charge in [0, 0.05) is 24.2 Å². The summed E-state index contributed by atoms with van der Waals surface area (Å²) in [6.07, 6.45) is 2.90. The molecule has 0 aromatic heterocycles. The summed E-state index contributed by atoms with van der Waals surface area (Å²) >= 11 is 0. The van der Waals surface area contributed by atoms with Gasteiger partial charge in [-0.15, -0.1) is 0 Å². The van der Waals surface area contributed by atoms with Gasteiger partial charge in [0.1, 0.15) is 23.4 Å². The summed E-state index contributed by atoms with van der Waals surface area (Å²) in [5.41, 5.74) is 6.14. The zero-order valence-electron chi connectivity index (χ0n) is 12.3. The third-order valence-electron chi connectivity index (χ3n) is 3.11. The van der Waals surface area contributed by atoms with Gasteiger partial charge in [0.25, 0.3) is 0 Å². The molecule has 0 fully saturated rings. The molecule has 2 N–H and O–H groups in total. The summed E-state index contributed by atoms with van der Waals surface area (Å²) < 4.78 is 16.4. The molecule has 4 heteroatoms. The molecule has 4 nitrogen and oxygen atoms in total. The number of nitrogens with two attached hydrogens (primary N) is 1. The molecule has 0 radical (unpaired) electrons. The van der Waals surface area contributed by atoms with Gasteiger partial charge in [-0.2, -0.15) is 0 Å². The molecule has 0 saturated carbocycles. The Balaban J connectivity index is 2.83. The normalized spacial score (nSPS) is 13.7. The highest BCUT2D eigenvalue weighted by molar-refractivity contribution is 5.42. The molecule has 1 aromatic carbocycles. The van der Waals surface area contributed by atoms with Crippen LogP contribution < -0.4 is 19.9 Å². The predicted octanol–water partition coefficient (Wildman–Crippen LogP) is 2.99. The third kappa shape index (κ3) is 4.63. The van der Waals surface area contributed by atoms with Crippen LogP contribution in [0.15, 0.2) is 18.2 Å². The summed E-state index contributed by atoms with van der Waals surface area (Å²) in [6, 6.07) is 5.57. The second-order valence-electron chi connectivity index (χ2n) is 4.57. The SMILES string of the molecule is CCCC(N)C(CC)Oc1cc(OC)cc(OC)c1. The lowest BCUT2D eigenvalue weighted by atomic mass is 10.0. The highest BCUT2D eigenvalue weighted by atomic mass is 16.5. The number of rotatable bonds is 8. The second-order valence-corrected chi connectivity index (χ2v) is 4.57. The Morgan fingerprint density at radius 2 is 1.53 bits per heavy atom. The quantitative estimate of drug-likeness (QED) is 0.786. The van der Waals surface area contributed by atoms with E-state index in [0.29, 0.717) is 11.5 Å². The van der Waals surface area contributed by atoms with Crippen LogP contribution in [0.3, 0.4) is 0 Å². The fourth-order valence-electron chi connectivity index (χ4n) is 2.02. The van der Waals surface area contributed by atoms with E-state index in [0.717, 1.165) is 25.0 Å². The fraction of sp³-hybridized carbons (Fsp3) is 0.600. The lowest BCUT2D eigenvalue weighted by molar-refractivity contribution is 0.160. The molecule has 0 aliphatic carbocycles. The lowest BCUT2D eigenvalue weighted by Gasteiger charge is -2.24. The van der Waals surface area contributed by atoms with Crippen molar-refractivity contribution in [3.63, 3.8) is 0 Å². The minimum Gasteiger partial charge on any atom is -0.496 e. The summed E-state index contributed by atoms with van der Waals surface area (Å²) in [5, 5.41) is 0. The van der Waals surface area contributed by atoms with E-state index in [1.165, 1.54) is 0 Å². The monoisotopic (exact) mass is 267 g/mol. The van der Waals surface area contributed by atoms with Gasteiger partial charge >= 0.3 is 0 Å². The maximum atomic E-state index is 6.14. The highest BCUT2D eigenvalue weighted by Gasteiger charge is 2.17. The van der Waals surface area contributed by atoms with E-state index in [2.05, 4.69) is 13.8 Å². The van der Waals surface area contributed by atoms with Gasteiger partial charge < -0.3 is 19.9 Å². The molecule has 108 valence electrons. The maximum Gasteiger partial charge on any atom is 0.127 e. The van der Waals surface area contributed by atoms with Crippen LogP contribution in [0, 0.1) is 0 Å². The minimum atomic E-state index is 0.0109. The van der Waals surface area contributed by atoms with E-state index in [-0.39, 0.29) is 12.1 Å². The van der Waals surface area contributed by atoms with Crippen LogP contribution in [0.5, 0.6) is 17.2 Å². The van der Waals surface area contributed by atoms with Crippen LogP contribution in [0.1, 0.15) is 33.1 Å². The third-order valence-corrected chi connectivity index (χ3v) is 3.11. The summed E-state index contributed by atoms with van der Waals surface area (Å²) in [5.74, 6) is 2.16. The summed E-state index contributed by atoms with van der Waals surface area (Å²) in [6.45, 7) is 4.21. The van der Waals surface area contributed by atoms with Crippen molar-refractivity contribution in [2.75, 3.05) is 14.2 Å². The molecular formula is C15H25NO3. The van der Waals surface area contributed by atoms with Gasteiger partial charge in [-0.25, -0.2) is 0 Å². The first-order chi connectivity index (χ1) is 9.14. The predicted molar refractivity (Wildman–Crippen MR) is 77.1 cm³/mol. The van der Waals surface area contributed by atoms with Crippen molar-refractivity contribution < 1.29 is 14.2 Å². The van der Waals surface area contributed by atoms with Crippen LogP contribution in [0.2, 0.25) is 0 Å². The Kier molecular flexibility index (Phi) is 6.50. The Hall–Kier alpha value is -1.42. The average Bonchev–Trinajstić information content (AvgIpc) is 2.44. The van der Waals surface area contributed by atoms with Crippen LogP contribution in [0.25, 0.3) is 0 Å². The smallest absolute Gasteiger partial charge is 0.127 e. The molecule has 0 heterocycles. The molecule has 1 aromatic rings. The molecule has 0 spiro atoms. The topological polar surface area (TPSA) is 53.7 Å². The van der Waals surface area contributed by atoms with E-state index in [1.54, 1.807) is 14.2 Å². The van der Waals surface area contributed by atoms with Gasteiger partial charge in [-0.05, 0) is 12.8 Å². The van der Waals surface area contributed by atoms with Crippen molar-refractivity contribution in [3.8, 4) is 17.2 Å². The molecule has 1 rings (SSSR count). The molecule has 0 amide bonds. The van der Waals surface area contributed by atoms with Crippen LogP contribution >= 0.6 is 0 Å². The molecule has 0 bridgehead atoms. The van der Waals surface area contributed by atoms with Gasteiger partial charge in [0.2, 0.25) is 0 Å². The Morgan fingerprint density at radius 1 is 1.00 bits per heavy atom. The van der Waals surface area contributed by atoms with Crippen LogP contribution in [-0.4, -0.2) is 26.4 Å². The van der Waals surface area contributed by atoms with Gasteiger partial charge in [0.05, 0.1) is 14.2 Å². The Labute approximate surface area is 115 Å². The zero-order valence-corrected chi connectivity index (χ0v) is 12.3. The van der Waals surface area contributed by atoms with E-state index in [9.17, 15) is 0 Å². The molecule has 2 unspecified atom stereocenters. The van der Waals surface area contributed by atoms with Crippen molar-refractivity contribution in [2.45, 2.75) is 45.3 Å². The van der Waals surface area contributed by atoms with Crippen molar-refractivity contribution in [3.05, 3.63) is 18.2 Å². The molecular weight excluding hydrogens is 242 g/mol. The number of ether oxygens (including phenoxy) is 3. The summed E-state index contributed by atoms with van der Waals surface area (Å²) in [7, 11) is 3.25. The first-order valence-electron chi connectivity index (χ1n) is 6.79. The van der Waals surface area contributed by atoms with Gasteiger partial charge in [0.15, 0.2) is 0 Å². The fourth-order valence-corrected chi connectivity index (χ4v) is 2.02. The molecule has 2 atom stereocenters. The second kappa shape index (κ2) is 7.89. The maximum absolute atomic E-state index is 6.14. The number of hydrogen-bond acceptors (Lipinski definition) is 4. The van der Waals surface area contributed by atoms with Crippen LogP contribution in [0.4, 0.5) is 0 Å². The molecule has 19 heavy (non-hydrogen) atoms. The minimum absolute atomic E-state index is 0.0109. The highest BCUT2D eigenvalue weighted by Crippen LogP contribution is 2.28. The van der Waals surface area contributed by atoms with Gasteiger partial charge in [-0.3, -0.25) is 0 Å². The van der Waals surface area contributed by atoms with E-state index < -0.39 is 0 Å². The number of benzene rings is 1. The van der Waals surface area contributed by atoms with Crippen molar-refractivity contribution in [2.24, 2.45) is 5.73 Å².